The zero-order chi connectivity index (χ0) is 15.2. The Morgan fingerprint density at radius 2 is 2.19 bits per heavy atom. The first-order chi connectivity index (χ1) is 10.2. The Kier molecular flexibility index (Phi) is 5.46. The molecule has 0 unspecified atom stereocenters. The first-order valence-electron chi connectivity index (χ1n) is 7.02. The van der Waals surface area contributed by atoms with Gasteiger partial charge < -0.3 is 10.6 Å². The third-order valence-corrected chi connectivity index (χ3v) is 3.97. The molecule has 2 aromatic heterocycles. The number of carbonyl (C=O) groups excluding carboxylic acids is 1. The van der Waals surface area contributed by atoms with E-state index in [4.69, 9.17) is 0 Å². The van der Waals surface area contributed by atoms with Crippen molar-refractivity contribution in [1.29, 1.82) is 0 Å². The van der Waals surface area contributed by atoms with Crippen LogP contribution >= 0.6 is 11.3 Å². The first kappa shape index (κ1) is 15.7. The molecule has 0 saturated carbocycles. The SMILES string of the molecule is CCCN(CC(=O)NC)Cc1nc(NC)c2ccsc2n1. The molecule has 21 heavy (non-hydrogen) atoms. The van der Waals surface area contributed by atoms with Gasteiger partial charge in [0.25, 0.3) is 0 Å². The summed E-state index contributed by atoms with van der Waals surface area (Å²) in [6.07, 6.45) is 0.983. The second-order valence-electron chi connectivity index (χ2n) is 4.76. The summed E-state index contributed by atoms with van der Waals surface area (Å²) in [5.41, 5.74) is 0. The summed E-state index contributed by atoms with van der Waals surface area (Å²) in [6.45, 7) is 3.88. The average molecular weight is 307 g/mol. The second kappa shape index (κ2) is 7.33. The number of hydrogen-bond acceptors (Lipinski definition) is 6. The van der Waals surface area contributed by atoms with E-state index in [2.05, 4.69) is 32.4 Å². The minimum atomic E-state index is 0.00879. The van der Waals surface area contributed by atoms with Crippen molar-refractivity contribution in [2.75, 3.05) is 32.5 Å². The van der Waals surface area contributed by atoms with Gasteiger partial charge in [-0.2, -0.15) is 0 Å². The van der Waals surface area contributed by atoms with Crippen LogP contribution in [-0.4, -0.2) is 48.0 Å². The van der Waals surface area contributed by atoms with E-state index >= 15 is 0 Å². The average Bonchev–Trinajstić information content (AvgIpc) is 2.94. The molecule has 7 heteroatoms. The summed E-state index contributed by atoms with van der Waals surface area (Å²) in [7, 11) is 3.51. The van der Waals surface area contributed by atoms with Gasteiger partial charge in [-0.05, 0) is 24.4 Å². The smallest absolute Gasteiger partial charge is 0.233 e. The van der Waals surface area contributed by atoms with Gasteiger partial charge in [-0.3, -0.25) is 9.69 Å². The molecule has 0 aliphatic rings. The number of carbonyl (C=O) groups is 1. The molecule has 2 N–H and O–H groups in total. The third kappa shape index (κ3) is 3.89. The molecular weight excluding hydrogens is 286 g/mol. The van der Waals surface area contributed by atoms with Crippen molar-refractivity contribution < 1.29 is 4.79 Å². The monoisotopic (exact) mass is 307 g/mol. The maximum Gasteiger partial charge on any atom is 0.233 e. The van der Waals surface area contributed by atoms with Crippen LogP contribution in [0.2, 0.25) is 0 Å². The van der Waals surface area contributed by atoms with E-state index in [1.807, 2.05) is 18.5 Å². The first-order valence-corrected chi connectivity index (χ1v) is 7.90. The van der Waals surface area contributed by atoms with Crippen LogP contribution in [0.3, 0.4) is 0 Å². The quantitative estimate of drug-likeness (QED) is 0.814. The Bertz CT molecular complexity index is 612. The third-order valence-electron chi connectivity index (χ3n) is 3.16. The van der Waals surface area contributed by atoms with Crippen LogP contribution in [0.15, 0.2) is 11.4 Å². The van der Waals surface area contributed by atoms with Gasteiger partial charge in [0.05, 0.1) is 18.5 Å². The molecule has 0 aliphatic carbocycles. The van der Waals surface area contributed by atoms with E-state index in [1.54, 1.807) is 18.4 Å². The van der Waals surface area contributed by atoms with Gasteiger partial charge in [-0.25, -0.2) is 9.97 Å². The van der Waals surface area contributed by atoms with Crippen LogP contribution < -0.4 is 10.6 Å². The molecule has 0 bridgehead atoms. The van der Waals surface area contributed by atoms with Gasteiger partial charge >= 0.3 is 0 Å². The Labute approximate surface area is 128 Å². The molecule has 0 spiro atoms. The van der Waals surface area contributed by atoms with Gasteiger partial charge in [-0.15, -0.1) is 11.3 Å². The number of rotatable bonds is 7. The lowest BCUT2D eigenvalue weighted by atomic mass is 10.3. The van der Waals surface area contributed by atoms with Crippen molar-refractivity contribution in [3.8, 4) is 0 Å². The number of anilines is 1. The highest BCUT2D eigenvalue weighted by Gasteiger charge is 2.13. The lowest BCUT2D eigenvalue weighted by molar-refractivity contribution is -0.121. The van der Waals surface area contributed by atoms with Crippen LogP contribution in [0.4, 0.5) is 5.82 Å². The number of nitrogens with one attached hydrogen (secondary N) is 2. The Morgan fingerprint density at radius 3 is 2.86 bits per heavy atom. The highest BCUT2D eigenvalue weighted by atomic mass is 32.1. The summed E-state index contributed by atoms with van der Waals surface area (Å²) < 4.78 is 0. The predicted molar refractivity (Wildman–Crippen MR) is 86.6 cm³/mol. The van der Waals surface area contributed by atoms with Crippen LogP contribution in [0.1, 0.15) is 19.2 Å². The summed E-state index contributed by atoms with van der Waals surface area (Å²) in [6, 6.07) is 2.02. The highest BCUT2D eigenvalue weighted by Crippen LogP contribution is 2.24. The lowest BCUT2D eigenvalue weighted by Gasteiger charge is -2.20. The zero-order valence-corrected chi connectivity index (χ0v) is 13.5. The molecule has 0 fully saturated rings. The van der Waals surface area contributed by atoms with Gasteiger partial charge in [0.15, 0.2) is 0 Å². The van der Waals surface area contributed by atoms with Crippen LogP contribution in [0, 0.1) is 0 Å². The van der Waals surface area contributed by atoms with Crippen molar-refractivity contribution >= 4 is 33.3 Å². The number of nitrogens with zero attached hydrogens (tertiary/aromatic N) is 3. The van der Waals surface area contributed by atoms with E-state index in [9.17, 15) is 4.79 Å². The fourth-order valence-corrected chi connectivity index (χ4v) is 2.96. The van der Waals surface area contributed by atoms with Crippen molar-refractivity contribution in [2.45, 2.75) is 19.9 Å². The number of likely N-dealkylation sites (N-methyl/N-ethyl adjacent to an activating group) is 1. The molecule has 114 valence electrons. The normalized spacial score (nSPS) is 11.0. The fourth-order valence-electron chi connectivity index (χ4n) is 2.17. The Balaban J connectivity index is 2.21. The highest BCUT2D eigenvalue weighted by molar-refractivity contribution is 7.16. The summed E-state index contributed by atoms with van der Waals surface area (Å²) >= 11 is 1.60. The van der Waals surface area contributed by atoms with E-state index in [1.165, 1.54) is 0 Å². The molecule has 2 heterocycles. The van der Waals surface area contributed by atoms with Crippen LogP contribution in [0.25, 0.3) is 10.2 Å². The number of hydrogen-bond donors (Lipinski definition) is 2. The lowest BCUT2D eigenvalue weighted by Crippen LogP contribution is -2.36. The minimum Gasteiger partial charge on any atom is -0.372 e. The number of fused-ring (bicyclic) bond motifs is 1. The van der Waals surface area contributed by atoms with Crippen LogP contribution in [-0.2, 0) is 11.3 Å². The molecule has 2 aromatic rings. The largest absolute Gasteiger partial charge is 0.372 e. The molecular formula is C14H21N5OS. The maximum atomic E-state index is 11.6. The topological polar surface area (TPSA) is 70.2 Å². The number of thiophene rings is 1. The van der Waals surface area contributed by atoms with Gasteiger partial charge in [-0.1, -0.05) is 6.92 Å². The van der Waals surface area contributed by atoms with E-state index in [0.29, 0.717) is 13.1 Å². The molecule has 1 amide bonds. The second-order valence-corrected chi connectivity index (χ2v) is 5.66. The molecule has 0 aliphatic heterocycles. The fraction of sp³-hybridized carbons (Fsp3) is 0.500. The number of aromatic nitrogens is 2. The van der Waals surface area contributed by atoms with E-state index in [0.717, 1.165) is 34.8 Å². The van der Waals surface area contributed by atoms with Crippen LogP contribution in [0.5, 0.6) is 0 Å². The predicted octanol–water partition coefficient (Wildman–Crippen LogP) is 1.69. The maximum absolute atomic E-state index is 11.6. The van der Waals surface area contributed by atoms with Crippen molar-refractivity contribution in [3.63, 3.8) is 0 Å². The summed E-state index contributed by atoms with van der Waals surface area (Å²) in [5, 5.41) is 8.82. The summed E-state index contributed by atoms with van der Waals surface area (Å²) in [4.78, 5) is 23.8. The molecule has 2 rings (SSSR count). The van der Waals surface area contributed by atoms with Gasteiger partial charge in [0, 0.05) is 14.1 Å². The van der Waals surface area contributed by atoms with Crippen molar-refractivity contribution in [3.05, 3.63) is 17.3 Å². The molecule has 0 aromatic carbocycles. The molecule has 0 radical (unpaired) electrons. The Morgan fingerprint density at radius 1 is 1.38 bits per heavy atom. The van der Waals surface area contributed by atoms with Crippen molar-refractivity contribution in [1.82, 2.24) is 20.2 Å². The Hall–Kier alpha value is -1.73. The summed E-state index contributed by atoms with van der Waals surface area (Å²) in [5.74, 6) is 1.59. The van der Waals surface area contributed by atoms with E-state index < -0.39 is 0 Å². The van der Waals surface area contributed by atoms with E-state index in [-0.39, 0.29) is 5.91 Å². The van der Waals surface area contributed by atoms with Gasteiger partial charge in [0.1, 0.15) is 16.5 Å². The standard InChI is InChI=1S/C14H21N5OS/c1-4-6-19(9-12(20)15-2)8-11-17-13(16-3)10-5-7-21-14(10)18-11/h5,7H,4,6,8-9H2,1-3H3,(H,15,20)(H,16,17,18). The molecule has 6 nitrogen and oxygen atoms in total. The van der Waals surface area contributed by atoms with Crippen molar-refractivity contribution in [2.24, 2.45) is 0 Å². The van der Waals surface area contributed by atoms with Gasteiger partial charge in [0.2, 0.25) is 5.91 Å². The minimum absolute atomic E-state index is 0.00879. The zero-order valence-electron chi connectivity index (χ0n) is 12.6. The molecule has 0 atom stereocenters. The molecule has 0 saturated heterocycles. The number of amides is 1.